The van der Waals surface area contributed by atoms with E-state index in [0.29, 0.717) is 18.1 Å². The zero-order chi connectivity index (χ0) is 18.6. The number of carbonyl (C=O) groups excluding carboxylic acids is 1. The summed E-state index contributed by atoms with van der Waals surface area (Å²) in [4.78, 5) is 21.4. The Morgan fingerprint density at radius 2 is 2.00 bits per heavy atom. The summed E-state index contributed by atoms with van der Waals surface area (Å²) >= 11 is 1.70. The topological polar surface area (TPSA) is 42.4 Å². The molecule has 0 bridgehead atoms. The lowest BCUT2D eigenvalue weighted by atomic mass is 9.92. The molecule has 0 radical (unpaired) electrons. The standard InChI is InChI=1S/C22H28N2O2S/c1-2-20-22(17-6-4-3-5-7-17)23-21(27-20)14-19(25)18-8-11-24(18)15-16-9-12-26-13-10-16/h3-7,16,18H,2,8-15H2,1H3/t18-/m0/s1. The molecule has 0 amide bonds. The minimum Gasteiger partial charge on any atom is -0.381 e. The van der Waals surface area contributed by atoms with Crippen LogP contribution in [-0.2, 0) is 22.4 Å². The summed E-state index contributed by atoms with van der Waals surface area (Å²) in [6, 6.07) is 10.4. The molecule has 144 valence electrons. The Labute approximate surface area is 165 Å². The van der Waals surface area contributed by atoms with Crippen molar-refractivity contribution in [2.45, 2.75) is 45.1 Å². The molecule has 0 saturated carbocycles. The summed E-state index contributed by atoms with van der Waals surface area (Å²) < 4.78 is 5.45. The van der Waals surface area contributed by atoms with Crippen molar-refractivity contribution in [1.29, 1.82) is 0 Å². The predicted octanol–water partition coefficient (Wildman–Crippen LogP) is 3.99. The number of aryl methyl sites for hydroxylation is 1. The van der Waals surface area contributed by atoms with Crippen molar-refractivity contribution in [1.82, 2.24) is 9.88 Å². The second-order valence-electron chi connectivity index (χ2n) is 7.60. The summed E-state index contributed by atoms with van der Waals surface area (Å²) in [5, 5.41) is 0.966. The van der Waals surface area contributed by atoms with E-state index in [1.165, 1.54) is 4.88 Å². The number of rotatable bonds is 7. The van der Waals surface area contributed by atoms with Gasteiger partial charge in [0, 0.05) is 36.7 Å². The van der Waals surface area contributed by atoms with Gasteiger partial charge in [-0.2, -0.15) is 0 Å². The number of nitrogens with zero attached hydrogens (tertiary/aromatic N) is 2. The summed E-state index contributed by atoms with van der Waals surface area (Å²) in [6.45, 7) is 6.01. The average Bonchev–Trinajstić information content (AvgIpc) is 3.09. The number of hydrogen-bond acceptors (Lipinski definition) is 5. The second-order valence-corrected chi connectivity index (χ2v) is 8.77. The Hall–Kier alpha value is -1.56. The van der Waals surface area contributed by atoms with Gasteiger partial charge in [0.15, 0.2) is 5.78 Å². The maximum atomic E-state index is 12.9. The Balaban J connectivity index is 1.40. The van der Waals surface area contributed by atoms with Crippen LogP contribution in [0.25, 0.3) is 11.3 Å². The molecule has 2 aromatic rings. The molecule has 1 aromatic carbocycles. The Morgan fingerprint density at radius 1 is 1.22 bits per heavy atom. The third-order valence-corrected chi connectivity index (χ3v) is 6.97. The lowest BCUT2D eigenvalue weighted by Gasteiger charge is -2.42. The molecule has 0 N–H and O–H groups in total. The molecule has 2 aliphatic rings. The maximum Gasteiger partial charge on any atom is 0.156 e. The molecule has 0 unspecified atom stereocenters. The van der Waals surface area contributed by atoms with Crippen molar-refractivity contribution in [2.75, 3.05) is 26.3 Å². The zero-order valence-electron chi connectivity index (χ0n) is 16.0. The first-order valence-corrected chi connectivity index (χ1v) is 10.9. The van der Waals surface area contributed by atoms with E-state index in [1.807, 2.05) is 18.2 Å². The van der Waals surface area contributed by atoms with E-state index in [4.69, 9.17) is 9.72 Å². The number of ether oxygens (including phenoxy) is 1. The van der Waals surface area contributed by atoms with Gasteiger partial charge in [0.25, 0.3) is 0 Å². The van der Waals surface area contributed by atoms with E-state index in [0.717, 1.165) is 68.3 Å². The first kappa shape index (κ1) is 18.8. The van der Waals surface area contributed by atoms with Crippen molar-refractivity contribution in [2.24, 2.45) is 5.92 Å². The molecule has 0 aliphatic carbocycles. The largest absolute Gasteiger partial charge is 0.381 e. The van der Waals surface area contributed by atoms with Crippen LogP contribution in [0.4, 0.5) is 0 Å². The number of hydrogen-bond donors (Lipinski definition) is 0. The number of carbonyl (C=O) groups is 1. The molecular weight excluding hydrogens is 356 g/mol. The van der Waals surface area contributed by atoms with Gasteiger partial charge in [0.2, 0.25) is 0 Å². The molecule has 27 heavy (non-hydrogen) atoms. The van der Waals surface area contributed by atoms with Gasteiger partial charge in [0.1, 0.15) is 5.01 Å². The molecule has 3 heterocycles. The van der Waals surface area contributed by atoms with Crippen molar-refractivity contribution < 1.29 is 9.53 Å². The molecule has 1 aromatic heterocycles. The molecule has 0 spiro atoms. The van der Waals surface area contributed by atoms with E-state index in [2.05, 4.69) is 24.0 Å². The number of thiazole rings is 1. The number of likely N-dealkylation sites (tertiary alicyclic amines) is 1. The third kappa shape index (κ3) is 4.31. The van der Waals surface area contributed by atoms with E-state index in [1.54, 1.807) is 11.3 Å². The number of ketones is 1. The normalized spacial score (nSPS) is 21.1. The van der Waals surface area contributed by atoms with Crippen LogP contribution in [0.2, 0.25) is 0 Å². The quantitative estimate of drug-likeness (QED) is 0.724. The minimum atomic E-state index is 0.0991. The van der Waals surface area contributed by atoms with Crippen LogP contribution in [0.3, 0.4) is 0 Å². The van der Waals surface area contributed by atoms with Crippen molar-refractivity contribution in [3.8, 4) is 11.3 Å². The van der Waals surface area contributed by atoms with Gasteiger partial charge in [-0.15, -0.1) is 11.3 Å². The number of Topliss-reactive ketones (excluding diaryl/α,β-unsaturated/α-hetero) is 1. The highest BCUT2D eigenvalue weighted by Crippen LogP contribution is 2.30. The summed E-state index contributed by atoms with van der Waals surface area (Å²) in [7, 11) is 0. The smallest absolute Gasteiger partial charge is 0.156 e. The van der Waals surface area contributed by atoms with Gasteiger partial charge >= 0.3 is 0 Å². The molecule has 4 rings (SSSR count). The highest BCUT2D eigenvalue weighted by molar-refractivity contribution is 7.12. The van der Waals surface area contributed by atoms with Gasteiger partial charge in [-0.25, -0.2) is 4.98 Å². The van der Waals surface area contributed by atoms with Crippen LogP contribution in [0.5, 0.6) is 0 Å². The molecule has 4 nitrogen and oxygen atoms in total. The van der Waals surface area contributed by atoms with Crippen LogP contribution < -0.4 is 0 Å². The average molecular weight is 385 g/mol. The molecule has 2 fully saturated rings. The Morgan fingerprint density at radius 3 is 2.67 bits per heavy atom. The molecule has 2 aliphatic heterocycles. The fraction of sp³-hybridized carbons (Fsp3) is 0.545. The molecule has 5 heteroatoms. The van der Waals surface area contributed by atoms with Gasteiger partial charge in [-0.3, -0.25) is 9.69 Å². The molecule has 1 atom stereocenters. The van der Waals surface area contributed by atoms with Crippen molar-refractivity contribution in [3.05, 3.63) is 40.2 Å². The first-order valence-electron chi connectivity index (χ1n) is 10.1. The Bertz CT molecular complexity index is 768. The second kappa shape index (κ2) is 8.63. The highest BCUT2D eigenvalue weighted by atomic mass is 32.1. The van der Waals surface area contributed by atoms with Crippen LogP contribution in [0, 0.1) is 5.92 Å². The van der Waals surface area contributed by atoms with Crippen LogP contribution in [0.15, 0.2) is 30.3 Å². The van der Waals surface area contributed by atoms with E-state index in [9.17, 15) is 4.79 Å². The Kier molecular flexibility index (Phi) is 6.01. The molecule has 2 saturated heterocycles. The predicted molar refractivity (Wildman–Crippen MR) is 109 cm³/mol. The highest BCUT2D eigenvalue weighted by Gasteiger charge is 2.35. The van der Waals surface area contributed by atoms with Gasteiger partial charge in [0.05, 0.1) is 18.2 Å². The fourth-order valence-corrected chi connectivity index (χ4v) is 5.13. The molecular formula is C22H28N2O2S. The zero-order valence-corrected chi connectivity index (χ0v) is 16.8. The number of benzene rings is 1. The van der Waals surface area contributed by atoms with Crippen LogP contribution in [0.1, 0.15) is 36.1 Å². The first-order chi connectivity index (χ1) is 13.2. The van der Waals surface area contributed by atoms with Gasteiger partial charge in [-0.05, 0) is 31.6 Å². The third-order valence-electron chi connectivity index (χ3n) is 5.77. The van der Waals surface area contributed by atoms with E-state index in [-0.39, 0.29) is 6.04 Å². The summed E-state index contributed by atoms with van der Waals surface area (Å²) in [5.41, 5.74) is 2.20. The van der Waals surface area contributed by atoms with E-state index < -0.39 is 0 Å². The van der Waals surface area contributed by atoms with Crippen molar-refractivity contribution >= 4 is 17.1 Å². The lowest BCUT2D eigenvalue weighted by molar-refractivity contribution is -0.128. The summed E-state index contributed by atoms with van der Waals surface area (Å²) in [5.74, 6) is 1.02. The minimum absolute atomic E-state index is 0.0991. The SMILES string of the molecule is CCc1sc(CC(=O)[C@@H]2CCN2CC2CCOCC2)nc1-c1ccccc1. The van der Waals surface area contributed by atoms with Crippen LogP contribution >= 0.6 is 11.3 Å². The lowest BCUT2D eigenvalue weighted by Crippen LogP contribution is -2.54. The monoisotopic (exact) mass is 384 g/mol. The van der Waals surface area contributed by atoms with Gasteiger partial charge < -0.3 is 4.74 Å². The van der Waals surface area contributed by atoms with Crippen LogP contribution in [-0.4, -0.2) is 48.0 Å². The van der Waals surface area contributed by atoms with Crippen molar-refractivity contribution in [3.63, 3.8) is 0 Å². The number of aromatic nitrogens is 1. The van der Waals surface area contributed by atoms with Gasteiger partial charge in [-0.1, -0.05) is 37.3 Å². The van der Waals surface area contributed by atoms with E-state index >= 15 is 0 Å². The maximum absolute atomic E-state index is 12.9. The fourth-order valence-electron chi connectivity index (χ4n) is 4.09. The summed E-state index contributed by atoms with van der Waals surface area (Å²) in [6.07, 6.45) is 4.68.